The molecule has 0 aliphatic heterocycles. The molecular weight excluding hydrogens is 202 g/mol. The van der Waals surface area contributed by atoms with E-state index >= 15 is 0 Å². The summed E-state index contributed by atoms with van der Waals surface area (Å²) >= 11 is 0. The van der Waals surface area contributed by atoms with Crippen LogP contribution in [0.3, 0.4) is 0 Å². The fraction of sp³-hybridized carbons (Fsp3) is 0.364. The third kappa shape index (κ3) is 2.03. The second-order valence-electron chi connectivity index (χ2n) is 3.53. The molecule has 0 bridgehead atoms. The molecule has 0 atom stereocenters. The summed E-state index contributed by atoms with van der Waals surface area (Å²) in [5.74, 6) is 1.65. The molecule has 0 aromatic carbocycles. The highest BCUT2D eigenvalue weighted by Crippen LogP contribution is 2.17. The van der Waals surface area contributed by atoms with E-state index in [4.69, 9.17) is 0 Å². The first-order valence-corrected chi connectivity index (χ1v) is 5.28. The van der Waals surface area contributed by atoms with Crippen molar-refractivity contribution in [1.29, 1.82) is 0 Å². The second-order valence-corrected chi connectivity index (χ2v) is 3.53. The Balaban J connectivity index is 2.47. The zero-order valence-corrected chi connectivity index (χ0v) is 9.73. The minimum Gasteiger partial charge on any atom is -0.373 e. The van der Waals surface area contributed by atoms with Crippen LogP contribution in [-0.2, 0) is 13.5 Å². The van der Waals surface area contributed by atoms with Crippen LogP contribution in [0.2, 0.25) is 0 Å². The minimum atomic E-state index is 0.815. The fourth-order valence-corrected chi connectivity index (χ4v) is 1.47. The molecule has 2 heterocycles. The van der Waals surface area contributed by atoms with Crippen LogP contribution < -0.4 is 5.32 Å². The third-order valence-electron chi connectivity index (χ3n) is 2.32. The zero-order valence-electron chi connectivity index (χ0n) is 9.73. The van der Waals surface area contributed by atoms with Crippen LogP contribution >= 0.6 is 0 Å². The first-order chi connectivity index (χ1) is 7.72. The molecule has 2 aromatic rings. The molecule has 2 rings (SSSR count). The van der Waals surface area contributed by atoms with Gasteiger partial charge in [-0.2, -0.15) is 5.10 Å². The van der Waals surface area contributed by atoms with E-state index < -0.39 is 0 Å². The molecule has 16 heavy (non-hydrogen) atoms. The maximum absolute atomic E-state index is 4.46. The number of nitrogens with one attached hydrogen (secondary N) is 1. The number of rotatable bonds is 3. The first kappa shape index (κ1) is 10.6. The number of aryl methyl sites for hydroxylation is 2. The molecule has 84 valence electrons. The molecule has 0 aliphatic rings. The average molecular weight is 217 g/mol. The molecule has 0 saturated heterocycles. The Hall–Kier alpha value is -1.91. The van der Waals surface area contributed by atoms with Crippen molar-refractivity contribution in [2.75, 3.05) is 12.4 Å². The molecule has 0 radical (unpaired) electrons. The highest BCUT2D eigenvalue weighted by molar-refractivity contribution is 5.58. The zero-order chi connectivity index (χ0) is 11.5. The van der Waals surface area contributed by atoms with Gasteiger partial charge >= 0.3 is 0 Å². The van der Waals surface area contributed by atoms with Crippen LogP contribution in [0, 0.1) is 0 Å². The van der Waals surface area contributed by atoms with Crippen molar-refractivity contribution in [1.82, 2.24) is 19.7 Å². The Labute approximate surface area is 94.5 Å². The molecule has 5 heteroatoms. The molecule has 0 saturated carbocycles. The van der Waals surface area contributed by atoms with E-state index in [2.05, 4.69) is 20.4 Å². The number of hydrogen-bond donors (Lipinski definition) is 1. The van der Waals surface area contributed by atoms with Gasteiger partial charge in [0.2, 0.25) is 0 Å². The smallest absolute Gasteiger partial charge is 0.131 e. The maximum atomic E-state index is 4.46. The van der Waals surface area contributed by atoms with Gasteiger partial charge in [0.1, 0.15) is 17.3 Å². The molecule has 0 unspecified atom stereocenters. The fourth-order valence-electron chi connectivity index (χ4n) is 1.47. The van der Waals surface area contributed by atoms with E-state index in [1.807, 2.05) is 39.3 Å². The quantitative estimate of drug-likeness (QED) is 0.846. The van der Waals surface area contributed by atoms with Crippen LogP contribution in [0.25, 0.3) is 11.4 Å². The van der Waals surface area contributed by atoms with Gasteiger partial charge in [0, 0.05) is 32.8 Å². The van der Waals surface area contributed by atoms with Gasteiger partial charge in [0.25, 0.3) is 0 Å². The summed E-state index contributed by atoms with van der Waals surface area (Å²) in [5, 5.41) is 7.36. The highest BCUT2D eigenvalue weighted by Gasteiger charge is 2.07. The van der Waals surface area contributed by atoms with E-state index in [-0.39, 0.29) is 0 Å². The summed E-state index contributed by atoms with van der Waals surface area (Å²) in [7, 11) is 3.74. The monoisotopic (exact) mass is 217 g/mol. The van der Waals surface area contributed by atoms with Crippen LogP contribution in [0.4, 0.5) is 5.82 Å². The van der Waals surface area contributed by atoms with Crippen LogP contribution in [-0.4, -0.2) is 26.8 Å². The Morgan fingerprint density at radius 3 is 2.69 bits per heavy atom. The normalized spacial score (nSPS) is 10.4. The van der Waals surface area contributed by atoms with Gasteiger partial charge in [-0.25, -0.2) is 9.97 Å². The van der Waals surface area contributed by atoms with E-state index in [9.17, 15) is 0 Å². The lowest BCUT2D eigenvalue weighted by molar-refractivity contribution is 0.769. The summed E-state index contributed by atoms with van der Waals surface area (Å²) in [6, 6.07) is 3.85. The summed E-state index contributed by atoms with van der Waals surface area (Å²) in [6.45, 7) is 2.04. The average Bonchev–Trinajstić information content (AvgIpc) is 2.75. The van der Waals surface area contributed by atoms with Gasteiger partial charge in [-0.05, 0) is 6.07 Å². The minimum absolute atomic E-state index is 0.815. The van der Waals surface area contributed by atoms with Crippen molar-refractivity contribution in [3.05, 3.63) is 24.2 Å². The molecule has 0 fully saturated rings. The Morgan fingerprint density at radius 1 is 1.31 bits per heavy atom. The summed E-state index contributed by atoms with van der Waals surface area (Å²) < 4.78 is 1.77. The standard InChI is InChI=1S/C11H15N5/c1-4-10-13-9(7-11(12-2)14-10)8-5-6-16(3)15-8/h5-7H,4H2,1-3H3,(H,12,13,14). The summed E-state index contributed by atoms with van der Waals surface area (Å²) in [6.07, 6.45) is 2.72. The van der Waals surface area contributed by atoms with E-state index in [0.717, 1.165) is 29.5 Å². The number of aromatic nitrogens is 4. The highest BCUT2D eigenvalue weighted by atomic mass is 15.2. The molecule has 2 aromatic heterocycles. The third-order valence-corrected chi connectivity index (χ3v) is 2.32. The summed E-state index contributed by atoms with van der Waals surface area (Å²) in [4.78, 5) is 8.80. The van der Waals surface area contributed by atoms with Crippen molar-refractivity contribution in [3.63, 3.8) is 0 Å². The van der Waals surface area contributed by atoms with Crippen LogP contribution in [0.5, 0.6) is 0 Å². The Bertz CT molecular complexity index is 467. The molecular formula is C11H15N5. The lowest BCUT2D eigenvalue weighted by Crippen LogP contribution is -2.01. The van der Waals surface area contributed by atoms with Gasteiger partial charge in [-0.3, -0.25) is 4.68 Å². The van der Waals surface area contributed by atoms with Gasteiger partial charge < -0.3 is 5.32 Å². The molecule has 0 amide bonds. The van der Waals surface area contributed by atoms with Gasteiger partial charge in [-0.1, -0.05) is 6.92 Å². The SMILES string of the molecule is CCc1nc(NC)cc(-c2ccn(C)n2)n1. The molecule has 0 aliphatic carbocycles. The number of anilines is 1. The van der Waals surface area contributed by atoms with Gasteiger partial charge in [0.15, 0.2) is 0 Å². The van der Waals surface area contributed by atoms with Crippen molar-refractivity contribution in [2.24, 2.45) is 7.05 Å². The van der Waals surface area contributed by atoms with E-state index in [1.165, 1.54) is 0 Å². The molecule has 1 N–H and O–H groups in total. The van der Waals surface area contributed by atoms with Crippen molar-refractivity contribution in [3.8, 4) is 11.4 Å². The molecule has 0 spiro atoms. The van der Waals surface area contributed by atoms with Crippen molar-refractivity contribution >= 4 is 5.82 Å². The Morgan fingerprint density at radius 2 is 2.12 bits per heavy atom. The van der Waals surface area contributed by atoms with Crippen molar-refractivity contribution in [2.45, 2.75) is 13.3 Å². The second kappa shape index (κ2) is 4.30. The van der Waals surface area contributed by atoms with E-state index in [0.29, 0.717) is 0 Å². The predicted octanol–water partition coefficient (Wildman–Crippen LogP) is 1.48. The van der Waals surface area contributed by atoms with Gasteiger partial charge in [-0.15, -0.1) is 0 Å². The van der Waals surface area contributed by atoms with Crippen LogP contribution in [0.15, 0.2) is 18.3 Å². The lowest BCUT2D eigenvalue weighted by atomic mass is 10.3. The number of hydrogen-bond acceptors (Lipinski definition) is 4. The largest absolute Gasteiger partial charge is 0.373 e. The van der Waals surface area contributed by atoms with Gasteiger partial charge in [0.05, 0.1) is 5.69 Å². The Kier molecular flexibility index (Phi) is 2.85. The number of nitrogens with zero attached hydrogens (tertiary/aromatic N) is 4. The topological polar surface area (TPSA) is 55.6 Å². The maximum Gasteiger partial charge on any atom is 0.131 e. The van der Waals surface area contributed by atoms with Crippen molar-refractivity contribution < 1.29 is 0 Å². The van der Waals surface area contributed by atoms with E-state index in [1.54, 1.807) is 4.68 Å². The summed E-state index contributed by atoms with van der Waals surface area (Å²) in [5.41, 5.74) is 1.73. The van der Waals surface area contributed by atoms with Crippen LogP contribution in [0.1, 0.15) is 12.7 Å². The molecule has 5 nitrogen and oxygen atoms in total. The predicted molar refractivity (Wildman–Crippen MR) is 63.2 cm³/mol. The first-order valence-electron chi connectivity index (χ1n) is 5.28. The lowest BCUT2D eigenvalue weighted by Gasteiger charge is -2.04.